The Labute approximate surface area is 212 Å². The van der Waals surface area contributed by atoms with Gasteiger partial charge < -0.3 is 26.2 Å². The minimum atomic E-state index is -0.131. The maximum Gasteiger partial charge on any atom is 0.229 e. The fourth-order valence-corrected chi connectivity index (χ4v) is 3.80. The monoisotopic (exact) mass is 497 g/mol. The zero-order valence-electron chi connectivity index (χ0n) is 21.5. The van der Waals surface area contributed by atoms with Crippen LogP contribution in [0.2, 0.25) is 0 Å². The Morgan fingerprint density at radius 2 is 1.81 bits per heavy atom. The van der Waals surface area contributed by atoms with Gasteiger partial charge in [0, 0.05) is 30.8 Å². The number of nitrogens with one attached hydrogen (secondary N) is 3. The molecule has 0 aliphatic heterocycles. The Morgan fingerprint density at radius 1 is 1.06 bits per heavy atom. The molecule has 36 heavy (non-hydrogen) atoms. The molecule has 196 valence electrons. The molecule has 0 unspecified atom stereocenters. The van der Waals surface area contributed by atoms with E-state index in [4.69, 9.17) is 5.11 Å². The molecule has 1 amide bonds. The highest BCUT2D eigenvalue weighted by molar-refractivity contribution is 5.90. The topological polar surface area (TPSA) is 137 Å². The normalized spacial score (nSPS) is 12.2. The van der Waals surface area contributed by atoms with E-state index in [-0.39, 0.29) is 31.1 Å². The molecular weight excluding hydrogens is 458 g/mol. The van der Waals surface area contributed by atoms with Gasteiger partial charge in [0.05, 0.1) is 18.8 Å². The molecular formula is C26H39N7O3. The number of hydrogen-bond donors (Lipinski definition) is 5. The third-order valence-electron chi connectivity index (χ3n) is 6.06. The summed E-state index contributed by atoms with van der Waals surface area (Å²) in [6.07, 6.45) is 6.54. The smallest absolute Gasteiger partial charge is 0.229 e. The molecule has 3 rings (SSSR count). The molecule has 0 aliphatic carbocycles. The van der Waals surface area contributed by atoms with E-state index in [9.17, 15) is 9.90 Å². The van der Waals surface area contributed by atoms with Crippen LogP contribution in [0.25, 0.3) is 5.65 Å². The van der Waals surface area contributed by atoms with Gasteiger partial charge in [0.15, 0.2) is 5.65 Å². The lowest BCUT2D eigenvalue weighted by molar-refractivity contribution is -0.116. The van der Waals surface area contributed by atoms with Gasteiger partial charge >= 0.3 is 0 Å². The lowest BCUT2D eigenvalue weighted by Gasteiger charge is -2.16. The molecule has 3 aromatic rings. The minimum Gasteiger partial charge on any atom is -0.396 e. The zero-order chi connectivity index (χ0) is 25.9. The number of carbonyl (C=O) groups is 1. The summed E-state index contributed by atoms with van der Waals surface area (Å²) >= 11 is 0. The van der Waals surface area contributed by atoms with Crippen LogP contribution in [0.15, 0.2) is 30.5 Å². The van der Waals surface area contributed by atoms with Crippen molar-refractivity contribution < 1.29 is 15.0 Å². The second kappa shape index (κ2) is 13.7. The molecule has 0 saturated heterocycles. The van der Waals surface area contributed by atoms with Gasteiger partial charge in [-0.3, -0.25) is 4.79 Å². The molecule has 2 heterocycles. The molecule has 1 atom stereocenters. The van der Waals surface area contributed by atoms with Gasteiger partial charge in [0.25, 0.3) is 0 Å². The number of unbranched alkanes of at least 4 members (excludes halogenated alkanes) is 3. The maximum absolute atomic E-state index is 12.1. The van der Waals surface area contributed by atoms with Gasteiger partial charge in [0.2, 0.25) is 17.8 Å². The highest BCUT2D eigenvalue weighted by Gasteiger charge is 2.16. The summed E-state index contributed by atoms with van der Waals surface area (Å²) in [4.78, 5) is 21.4. The van der Waals surface area contributed by atoms with Crippen LogP contribution < -0.4 is 16.0 Å². The van der Waals surface area contributed by atoms with E-state index in [0.29, 0.717) is 24.9 Å². The van der Waals surface area contributed by atoms with Gasteiger partial charge in [-0.25, -0.2) is 0 Å². The Bertz CT molecular complexity index is 1090. The first-order valence-corrected chi connectivity index (χ1v) is 12.8. The highest BCUT2D eigenvalue weighted by Crippen LogP contribution is 2.23. The third-order valence-corrected chi connectivity index (χ3v) is 6.06. The van der Waals surface area contributed by atoms with Crippen molar-refractivity contribution in [1.29, 1.82) is 0 Å². The largest absolute Gasteiger partial charge is 0.396 e. The first-order chi connectivity index (χ1) is 17.4. The van der Waals surface area contributed by atoms with Crippen molar-refractivity contribution in [3.05, 3.63) is 41.6 Å². The number of hydrogen-bond acceptors (Lipinski definition) is 8. The lowest BCUT2D eigenvalue weighted by atomic mass is 10.1. The Kier molecular flexibility index (Phi) is 10.4. The van der Waals surface area contributed by atoms with Crippen molar-refractivity contribution in [2.45, 2.75) is 77.8 Å². The van der Waals surface area contributed by atoms with Crippen LogP contribution in [0.3, 0.4) is 0 Å². The number of rotatable bonds is 15. The van der Waals surface area contributed by atoms with Crippen molar-refractivity contribution in [3.63, 3.8) is 0 Å². The van der Waals surface area contributed by atoms with Crippen molar-refractivity contribution in [1.82, 2.24) is 19.6 Å². The molecule has 1 aromatic carbocycles. The number of anilines is 3. The van der Waals surface area contributed by atoms with Crippen molar-refractivity contribution in [2.75, 3.05) is 29.2 Å². The first-order valence-electron chi connectivity index (χ1n) is 12.8. The number of nitrogens with zero attached hydrogens (tertiary/aromatic N) is 4. The lowest BCUT2D eigenvalue weighted by Crippen LogP contribution is -2.24. The Hall–Kier alpha value is -3.24. The summed E-state index contributed by atoms with van der Waals surface area (Å²) in [5.74, 6) is 1.26. The Morgan fingerprint density at radius 3 is 2.47 bits per heavy atom. The second-order valence-electron chi connectivity index (χ2n) is 9.28. The summed E-state index contributed by atoms with van der Waals surface area (Å²) in [5.41, 5.74) is 3.54. The molecule has 2 aromatic heterocycles. The van der Waals surface area contributed by atoms with E-state index in [2.05, 4.69) is 44.9 Å². The Balaban J connectivity index is 1.65. The number of aliphatic hydroxyl groups is 2. The average molecular weight is 498 g/mol. The highest BCUT2D eigenvalue weighted by atomic mass is 16.3. The van der Waals surface area contributed by atoms with E-state index in [1.54, 1.807) is 4.52 Å². The van der Waals surface area contributed by atoms with Crippen LogP contribution in [0.5, 0.6) is 0 Å². The van der Waals surface area contributed by atoms with Crippen LogP contribution in [-0.4, -0.2) is 55.0 Å². The van der Waals surface area contributed by atoms with E-state index < -0.39 is 0 Å². The molecule has 0 aliphatic rings. The third kappa shape index (κ3) is 7.63. The SMILES string of the molecule is CC[C@@H](CO)Nc1nc(NCc2ccc(NC(=O)CCCCCCO)cc2)n2ncc(C(C)C)c2n1. The predicted octanol–water partition coefficient (Wildman–Crippen LogP) is 3.92. The van der Waals surface area contributed by atoms with Crippen molar-refractivity contribution in [3.8, 4) is 0 Å². The quantitative estimate of drug-likeness (QED) is 0.199. The van der Waals surface area contributed by atoms with Gasteiger partial charge in [-0.15, -0.1) is 0 Å². The maximum atomic E-state index is 12.1. The number of carbonyl (C=O) groups excluding carboxylic acids is 1. The van der Waals surface area contributed by atoms with Crippen LogP contribution >= 0.6 is 0 Å². The molecule has 0 bridgehead atoms. The number of amides is 1. The fourth-order valence-electron chi connectivity index (χ4n) is 3.80. The molecule has 0 radical (unpaired) electrons. The standard InChI is InChI=1S/C26H39N7O3/c1-4-20(17-35)30-25-31-24-22(18(2)3)16-28-33(24)26(32-25)27-15-19-10-12-21(13-11-19)29-23(36)9-7-5-6-8-14-34/h10-13,16,18,20,34-35H,4-9,14-15,17H2,1-3H3,(H,29,36)(H2,27,30,31,32)/t20-/m0/s1. The van der Waals surface area contributed by atoms with Crippen molar-refractivity contribution >= 4 is 29.1 Å². The second-order valence-corrected chi connectivity index (χ2v) is 9.28. The molecule has 0 saturated carbocycles. The molecule has 0 spiro atoms. The summed E-state index contributed by atoms with van der Waals surface area (Å²) in [7, 11) is 0. The molecule has 10 nitrogen and oxygen atoms in total. The summed E-state index contributed by atoms with van der Waals surface area (Å²) in [6, 6.07) is 7.57. The summed E-state index contributed by atoms with van der Waals surface area (Å²) in [5, 5.41) is 32.4. The van der Waals surface area contributed by atoms with Crippen LogP contribution in [0.4, 0.5) is 17.6 Å². The zero-order valence-corrected chi connectivity index (χ0v) is 21.5. The molecule has 0 fully saturated rings. The van der Waals surface area contributed by atoms with Crippen LogP contribution in [-0.2, 0) is 11.3 Å². The number of aromatic nitrogens is 4. The van der Waals surface area contributed by atoms with Crippen LogP contribution in [0.1, 0.15) is 76.3 Å². The van der Waals surface area contributed by atoms with Gasteiger partial charge in [-0.1, -0.05) is 45.7 Å². The first kappa shape index (κ1) is 27.3. The van der Waals surface area contributed by atoms with Gasteiger partial charge in [0.1, 0.15) is 0 Å². The van der Waals surface area contributed by atoms with E-state index >= 15 is 0 Å². The number of benzene rings is 1. The number of fused-ring (bicyclic) bond motifs is 1. The number of aliphatic hydroxyl groups excluding tert-OH is 2. The van der Waals surface area contributed by atoms with E-state index in [0.717, 1.165) is 54.6 Å². The van der Waals surface area contributed by atoms with Gasteiger partial charge in [-0.2, -0.15) is 19.6 Å². The molecule has 5 N–H and O–H groups in total. The fraction of sp³-hybridized carbons (Fsp3) is 0.538. The van der Waals surface area contributed by atoms with Gasteiger partial charge in [-0.05, 0) is 42.9 Å². The van der Waals surface area contributed by atoms with Crippen molar-refractivity contribution in [2.24, 2.45) is 0 Å². The minimum absolute atomic E-state index is 0.00109. The van der Waals surface area contributed by atoms with Crippen LogP contribution in [0, 0.1) is 0 Å². The van der Waals surface area contributed by atoms with E-state index in [1.807, 2.05) is 37.4 Å². The molecule has 10 heteroatoms. The van der Waals surface area contributed by atoms with E-state index in [1.165, 1.54) is 0 Å². The summed E-state index contributed by atoms with van der Waals surface area (Å²) in [6.45, 7) is 6.90. The summed E-state index contributed by atoms with van der Waals surface area (Å²) < 4.78 is 1.70. The average Bonchev–Trinajstić information content (AvgIpc) is 3.31. The predicted molar refractivity (Wildman–Crippen MR) is 142 cm³/mol.